The monoisotopic (exact) mass is 265 g/mol. The van der Waals surface area contributed by atoms with E-state index in [4.69, 9.17) is 5.73 Å². The molecule has 0 unspecified atom stereocenters. The summed E-state index contributed by atoms with van der Waals surface area (Å²) in [5, 5.41) is 2.80. The Labute approximate surface area is 112 Å². The van der Waals surface area contributed by atoms with Crippen LogP contribution in [-0.2, 0) is 0 Å². The van der Waals surface area contributed by atoms with Crippen molar-refractivity contribution in [2.24, 2.45) is 0 Å². The van der Waals surface area contributed by atoms with Gasteiger partial charge in [-0.3, -0.25) is 4.79 Å². The first-order valence-electron chi connectivity index (χ1n) is 6.72. The minimum atomic E-state index is -0.552. The molecule has 1 amide bonds. The van der Waals surface area contributed by atoms with Crippen LogP contribution in [0.3, 0.4) is 0 Å². The topological polar surface area (TPSA) is 58.4 Å². The zero-order valence-corrected chi connectivity index (χ0v) is 11.0. The average Bonchev–Trinajstić information content (AvgIpc) is 2.43. The summed E-state index contributed by atoms with van der Waals surface area (Å²) < 4.78 is 13.2. The largest absolute Gasteiger partial charge is 0.396 e. The van der Waals surface area contributed by atoms with Crippen LogP contribution in [0.1, 0.15) is 29.6 Å². The molecular formula is C14H20FN3O. The molecule has 1 aliphatic rings. The Hall–Kier alpha value is -1.62. The standard InChI is InChI=1S/C14H20FN3O/c15-12-10-11(4-5-13(12)16)14(19)17-6-9-18-7-2-1-3-8-18/h4-5,10H,1-3,6-9,16H2,(H,17,19). The van der Waals surface area contributed by atoms with Crippen molar-refractivity contribution >= 4 is 11.6 Å². The Kier molecular flexibility index (Phi) is 4.74. The lowest BCUT2D eigenvalue weighted by atomic mass is 10.1. The Balaban J connectivity index is 1.78. The van der Waals surface area contributed by atoms with Crippen LogP contribution in [0.15, 0.2) is 18.2 Å². The Morgan fingerprint density at radius 1 is 1.32 bits per heavy atom. The number of hydrogen-bond acceptors (Lipinski definition) is 3. The molecule has 0 aromatic heterocycles. The van der Waals surface area contributed by atoms with Gasteiger partial charge in [-0.25, -0.2) is 4.39 Å². The molecule has 1 saturated heterocycles. The summed E-state index contributed by atoms with van der Waals surface area (Å²) in [7, 11) is 0. The number of amides is 1. The van der Waals surface area contributed by atoms with Crippen LogP contribution in [0.5, 0.6) is 0 Å². The molecule has 1 heterocycles. The van der Waals surface area contributed by atoms with Crippen LogP contribution < -0.4 is 11.1 Å². The van der Waals surface area contributed by atoms with E-state index in [1.165, 1.54) is 37.5 Å². The lowest BCUT2D eigenvalue weighted by Gasteiger charge is -2.26. The third kappa shape index (κ3) is 3.92. The SMILES string of the molecule is Nc1ccc(C(=O)NCCN2CCCCC2)cc1F. The first kappa shape index (κ1) is 13.8. The minimum Gasteiger partial charge on any atom is -0.396 e. The van der Waals surface area contributed by atoms with Gasteiger partial charge in [0.1, 0.15) is 5.82 Å². The highest BCUT2D eigenvalue weighted by Gasteiger charge is 2.11. The smallest absolute Gasteiger partial charge is 0.251 e. The van der Waals surface area contributed by atoms with Gasteiger partial charge in [-0.1, -0.05) is 6.42 Å². The van der Waals surface area contributed by atoms with E-state index in [-0.39, 0.29) is 11.6 Å². The summed E-state index contributed by atoms with van der Waals surface area (Å²) in [6.07, 6.45) is 3.77. The predicted molar refractivity (Wildman–Crippen MR) is 73.4 cm³/mol. The van der Waals surface area contributed by atoms with Crippen LogP contribution in [-0.4, -0.2) is 37.0 Å². The molecule has 3 N–H and O–H groups in total. The second-order valence-electron chi connectivity index (χ2n) is 4.89. The van der Waals surface area contributed by atoms with Gasteiger partial charge >= 0.3 is 0 Å². The number of nitrogens with two attached hydrogens (primary N) is 1. The highest BCUT2D eigenvalue weighted by Crippen LogP contribution is 2.12. The lowest BCUT2D eigenvalue weighted by Crippen LogP contribution is -2.37. The summed E-state index contributed by atoms with van der Waals surface area (Å²) in [5.74, 6) is -0.806. The van der Waals surface area contributed by atoms with Crippen molar-refractivity contribution in [1.82, 2.24) is 10.2 Å². The molecule has 2 rings (SSSR count). The van der Waals surface area contributed by atoms with Crippen molar-refractivity contribution in [1.29, 1.82) is 0 Å². The maximum absolute atomic E-state index is 13.2. The van der Waals surface area contributed by atoms with E-state index < -0.39 is 5.82 Å². The molecule has 0 aliphatic carbocycles. The normalized spacial score (nSPS) is 16.3. The molecule has 104 valence electrons. The number of hydrogen-bond donors (Lipinski definition) is 2. The zero-order valence-electron chi connectivity index (χ0n) is 11.0. The second kappa shape index (κ2) is 6.52. The van der Waals surface area contributed by atoms with E-state index >= 15 is 0 Å². The number of rotatable bonds is 4. The summed E-state index contributed by atoms with van der Waals surface area (Å²) in [6, 6.07) is 4.12. The number of likely N-dealkylation sites (tertiary alicyclic amines) is 1. The number of anilines is 1. The number of nitrogens with zero attached hydrogens (tertiary/aromatic N) is 1. The van der Waals surface area contributed by atoms with E-state index in [0.717, 1.165) is 19.6 Å². The number of halogens is 1. The Morgan fingerprint density at radius 3 is 2.74 bits per heavy atom. The van der Waals surface area contributed by atoms with Gasteiger partial charge < -0.3 is 16.0 Å². The van der Waals surface area contributed by atoms with Gasteiger partial charge in [0.05, 0.1) is 5.69 Å². The Morgan fingerprint density at radius 2 is 2.05 bits per heavy atom. The van der Waals surface area contributed by atoms with Gasteiger partial charge in [0, 0.05) is 18.7 Å². The van der Waals surface area contributed by atoms with Gasteiger partial charge in [0.25, 0.3) is 5.91 Å². The molecule has 0 saturated carbocycles. The predicted octanol–water partition coefficient (Wildman–Crippen LogP) is 1.62. The quantitative estimate of drug-likeness (QED) is 0.813. The number of benzene rings is 1. The molecule has 0 spiro atoms. The summed E-state index contributed by atoms with van der Waals surface area (Å²) in [4.78, 5) is 14.2. The average molecular weight is 265 g/mol. The van der Waals surface area contributed by atoms with Crippen molar-refractivity contribution in [3.05, 3.63) is 29.6 Å². The van der Waals surface area contributed by atoms with Crippen molar-refractivity contribution in [2.75, 3.05) is 31.9 Å². The molecule has 0 radical (unpaired) electrons. The molecule has 0 atom stereocenters. The lowest BCUT2D eigenvalue weighted by molar-refractivity contribution is 0.0946. The van der Waals surface area contributed by atoms with Crippen molar-refractivity contribution in [2.45, 2.75) is 19.3 Å². The van der Waals surface area contributed by atoms with Gasteiger partial charge in [-0.05, 0) is 44.1 Å². The first-order chi connectivity index (χ1) is 9.16. The van der Waals surface area contributed by atoms with Gasteiger partial charge in [0.15, 0.2) is 0 Å². The zero-order chi connectivity index (χ0) is 13.7. The molecule has 0 bridgehead atoms. The van der Waals surface area contributed by atoms with Crippen molar-refractivity contribution in [3.8, 4) is 0 Å². The fourth-order valence-electron chi connectivity index (χ4n) is 2.28. The number of nitrogen functional groups attached to an aromatic ring is 1. The summed E-state index contributed by atoms with van der Waals surface area (Å²) in [5.41, 5.74) is 5.74. The number of nitrogens with one attached hydrogen (secondary N) is 1. The molecule has 19 heavy (non-hydrogen) atoms. The van der Waals surface area contributed by atoms with E-state index in [2.05, 4.69) is 10.2 Å². The number of carbonyl (C=O) groups excluding carboxylic acids is 1. The second-order valence-corrected chi connectivity index (χ2v) is 4.89. The van der Waals surface area contributed by atoms with Gasteiger partial charge in [0.2, 0.25) is 0 Å². The van der Waals surface area contributed by atoms with Crippen LogP contribution in [0.2, 0.25) is 0 Å². The van der Waals surface area contributed by atoms with E-state index in [1.807, 2.05) is 0 Å². The maximum Gasteiger partial charge on any atom is 0.251 e. The highest BCUT2D eigenvalue weighted by molar-refractivity contribution is 5.94. The molecule has 1 aromatic rings. The van der Waals surface area contributed by atoms with Crippen LogP contribution in [0, 0.1) is 5.82 Å². The van der Waals surface area contributed by atoms with Crippen molar-refractivity contribution < 1.29 is 9.18 Å². The fourth-order valence-corrected chi connectivity index (χ4v) is 2.28. The van der Waals surface area contributed by atoms with Crippen LogP contribution in [0.25, 0.3) is 0 Å². The maximum atomic E-state index is 13.2. The minimum absolute atomic E-state index is 0.0601. The van der Waals surface area contributed by atoms with E-state index in [9.17, 15) is 9.18 Å². The molecule has 1 aromatic carbocycles. The number of piperidine rings is 1. The summed E-state index contributed by atoms with van der Waals surface area (Å²) in [6.45, 7) is 3.65. The van der Waals surface area contributed by atoms with E-state index in [1.54, 1.807) is 0 Å². The first-order valence-corrected chi connectivity index (χ1v) is 6.72. The molecule has 1 aliphatic heterocycles. The van der Waals surface area contributed by atoms with Gasteiger partial charge in [-0.2, -0.15) is 0 Å². The highest BCUT2D eigenvalue weighted by atomic mass is 19.1. The fraction of sp³-hybridized carbons (Fsp3) is 0.500. The molecular weight excluding hydrogens is 245 g/mol. The molecule has 1 fully saturated rings. The third-order valence-electron chi connectivity index (χ3n) is 3.42. The third-order valence-corrected chi connectivity index (χ3v) is 3.42. The van der Waals surface area contributed by atoms with Gasteiger partial charge in [-0.15, -0.1) is 0 Å². The van der Waals surface area contributed by atoms with Crippen molar-refractivity contribution in [3.63, 3.8) is 0 Å². The Bertz CT molecular complexity index is 444. The molecule has 4 nitrogen and oxygen atoms in total. The molecule has 5 heteroatoms. The van der Waals surface area contributed by atoms with Crippen LogP contribution in [0.4, 0.5) is 10.1 Å². The van der Waals surface area contributed by atoms with E-state index in [0.29, 0.717) is 12.1 Å². The van der Waals surface area contributed by atoms with Crippen LogP contribution >= 0.6 is 0 Å². The number of carbonyl (C=O) groups is 1. The summed E-state index contributed by atoms with van der Waals surface area (Å²) >= 11 is 0.